The molecule has 0 aliphatic rings. The molecule has 21 heavy (non-hydrogen) atoms. The lowest BCUT2D eigenvalue weighted by atomic mass is 10.2. The highest BCUT2D eigenvalue weighted by molar-refractivity contribution is 7.11. The highest BCUT2D eigenvalue weighted by atomic mass is 32.1. The number of nitrogens with one attached hydrogen (secondary N) is 2. The van der Waals surface area contributed by atoms with Crippen LogP contribution in [0.5, 0.6) is 0 Å². The predicted octanol–water partition coefficient (Wildman–Crippen LogP) is 2.48. The average Bonchev–Trinajstić information content (AvgIpc) is 2.73. The van der Waals surface area contributed by atoms with Gasteiger partial charge in [-0.2, -0.15) is 4.37 Å². The molecule has 0 aromatic carbocycles. The number of nitrogen functional groups attached to an aromatic ring is 1. The van der Waals surface area contributed by atoms with Crippen LogP contribution in [0.25, 0.3) is 0 Å². The van der Waals surface area contributed by atoms with E-state index in [0.29, 0.717) is 5.56 Å². The van der Waals surface area contributed by atoms with E-state index in [4.69, 9.17) is 10.5 Å². The smallest absolute Gasteiger partial charge is 0.258 e. The Kier molecular flexibility index (Phi) is 7.45. The largest absolute Gasteiger partial charge is 0.382 e. The van der Waals surface area contributed by atoms with Crippen LogP contribution in [0.1, 0.15) is 50.9 Å². The van der Waals surface area contributed by atoms with Gasteiger partial charge >= 0.3 is 0 Å². The number of carbonyl (C=O) groups excluding carboxylic acids is 1. The lowest BCUT2D eigenvalue weighted by Gasteiger charge is -2.10. The number of nitrogens with two attached hydrogens (primary N) is 1. The number of nitrogens with zero attached hydrogens (tertiary/aromatic N) is 1. The van der Waals surface area contributed by atoms with Gasteiger partial charge in [-0.25, -0.2) is 0 Å². The van der Waals surface area contributed by atoms with Crippen LogP contribution >= 0.6 is 11.5 Å². The minimum absolute atomic E-state index is 0.0674. The highest BCUT2D eigenvalue weighted by Gasteiger charge is 2.19. The summed E-state index contributed by atoms with van der Waals surface area (Å²) in [5.41, 5.74) is 6.23. The number of unbranched alkanes of at least 4 members (excludes halogenated alkanes) is 1. The lowest BCUT2D eigenvalue weighted by molar-refractivity contribution is 0.0765. The van der Waals surface area contributed by atoms with Crippen molar-refractivity contribution in [2.45, 2.75) is 52.7 Å². The first-order valence-electron chi connectivity index (χ1n) is 7.33. The Morgan fingerprint density at radius 3 is 2.67 bits per heavy atom. The number of ether oxygens (including phenoxy) is 1. The van der Waals surface area contributed by atoms with Crippen LogP contribution in [0.4, 0.5) is 10.8 Å². The van der Waals surface area contributed by atoms with E-state index in [0.717, 1.165) is 31.0 Å². The number of carbonyl (C=O) groups is 1. The Labute approximate surface area is 130 Å². The van der Waals surface area contributed by atoms with Gasteiger partial charge in [0.2, 0.25) is 0 Å². The van der Waals surface area contributed by atoms with Crippen molar-refractivity contribution in [2.24, 2.45) is 0 Å². The molecule has 0 aliphatic carbocycles. The number of hydrogen-bond donors (Lipinski definition) is 3. The Balaban J connectivity index is 2.43. The van der Waals surface area contributed by atoms with E-state index in [1.54, 1.807) is 0 Å². The van der Waals surface area contributed by atoms with Crippen molar-refractivity contribution in [3.8, 4) is 0 Å². The molecule has 1 aromatic rings. The number of rotatable bonds is 9. The normalized spacial score (nSPS) is 11.1. The average molecular weight is 314 g/mol. The quantitative estimate of drug-likeness (QED) is 0.609. The van der Waals surface area contributed by atoms with Crippen LogP contribution < -0.4 is 16.4 Å². The van der Waals surface area contributed by atoms with E-state index in [1.807, 2.05) is 27.7 Å². The summed E-state index contributed by atoms with van der Waals surface area (Å²) in [6.07, 6.45) is 2.22. The summed E-state index contributed by atoms with van der Waals surface area (Å²) < 4.78 is 9.54. The number of hydrogen-bond acceptors (Lipinski definition) is 6. The second kappa shape index (κ2) is 8.84. The van der Waals surface area contributed by atoms with Gasteiger partial charge < -0.3 is 21.1 Å². The number of anilines is 2. The fraction of sp³-hybridized carbons (Fsp3) is 0.714. The lowest BCUT2D eigenvalue weighted by Crippen LogP contribution is -2.30. The maximum Gasteiger partial charge on any atom is 0.258 e. The zero-order valence-corrected chi connectivity index (χ0v) is 14.0. The molecule has 1 amide bonds. The first kappa shape index (κ1) is 17.7. The van der Waals surface area contributed by atoms with Crippen molar-refractivity contribution < 1.29 is 9.53 Å². The van der Waals surface area contributed by atoms with Gasteiger partial charge in [-0.15, -0.1) is 0 Å². The monoisotopic (exact) mass is 314 g/mol. The first-order chi connectivity index (χ1) is 9.91. The van der Waals surface area contributed by atoms with E-state index < -0.39 is 0 Å². The van der Waals surface area contributed by atoms with Gasteiger partial charge in [0.05, 0.1) is 6.10 Å². The minimum atomic E-state index is -0.179. The van der Waals surface area contributed by atoms with Crippen molar-refractivity contribution in [2.75, 3.05) is 24.2 Å². The van der Waals surface area contributed by atoms with Gasteiger partial charge in [-0.1, -0.05) is 0 Å². The Morgan fingerprint density at radius 2 is 2.05 bits per heavy atom. The van der Waals surface area contributed by atoms with E-state index in [1.165, 1.54) is 11.5 Å². The van der Waals surface area contributed by atoms with Gasteiger partial charge in [-0.3, -0.25) is 4.79 Å². The number of aromatic nitrogens is 1. The van der Waals surface area contributed by atoms with Crippen LogP contribution in [0.15, 0.2) is 0 Å². The summed E-state index contributed by atoms with van der Waals surface area (Å²) in [6.45, 7) is 9.40. The van der Waals surface area contributed by atoms with Gasteiger partial charge in [0.15, 0.2) is 5.82 Å². The van der Waals surface area contributed by atoms with E-state index in [9.17, 15) is 4.79 Å². The molecule has 0 bridgehead atoms. The maximum atomic E-state index is 12.1. The van der Waals surface area contributed by atoms with E-state index in [-0.39, 0.29) is 23.9 Å². The molecule has 0 atom stereocenters. The van der Waals surface area contributed by atoms with Crippen LogP contribution in [-0.4, -0.2) is 35.6 Å². The molecule has 1 aromatic heterocycles. The van der Waals surface area contributed by atoms with Crippen LogP contribution in [0, 0.1) is 0 Å². The summed E-state index contributed by atoms with van der Waals surface area (Å²) in [7, 11) is 0. The molecule has 1 heterocycles. The maximum absolute atomic E-state index is 12.1. The van der Waals surface area contributed by atoms with Gasteiger partial charge in [0, 0.05) is 19.2 Å². The first-order valence-corrected chi connectivity index (χ1v) is 8.10. The molecular weight excluding hydrogens is 288 g/mol. The van der Waals surface area contributed by atoms with Crippen molar-refractivity contribution in [1.29, 1.82) is 0 Å². The standard InChI is InChI=1S/C14H26N4O2S/c1-9(2)17-13(19)11-12(15)18-21-14(11)16-7-5-6-8-20-10(3)4/h9-10,16H,5-8H2,1-4H3,(H2,15,18)(H,17,19). The van der Waals surface area contributed by atoms with Crippen molar-refractivity contribution in [3.05, 3.63) is 5.56 Å². The third-order valence-corrected chi connectivity index (χ3v) is 3.49. The molecule has 120 valence electrons. The molecule has 0 aliphatic heterocycles. The zero-order chi connectivity index (χ0) is 15.8. The van der Waals surface area contributed by atoms with Crippen molar-refractivity contribution >= 4 is 28.3 Å². The molecule has 6 nitrogen and oxygen atoms in total. The van der Waals surface area contributed by atoms with Gasteiger partial charge in [0.25, 0.3) is 5.91 Å². The van der Waals surface area contributed by atoms with E-state index >= 15 is 0 Å². The molecule has 0 unspecified atom stereocenters. The molecule has 1 rings (SSSR count). The Morgan fingerprint density at radius 1 is 1.33 bits per heavy atom. The molecule has 0 fully saturated rings. The third kappa shape index (κ3) is 6.31. The minimum Gasteiger partial charge on any atom is -0.382 e. The van der Waals surface area contributed by atoms with Crippen molar-refractivity contribution in [1.82, 2.24) is 9.69 Å². The second-order valence-corrected chi connectivity index (χ2v) is 6.23. The van der Waals surface area contributed by atoms with Gasteiger partial charge in [-0.05, 0) is 52.1 Å². The van der Waals surface area contributed by atoms with Crippen LogP contribution in [-0.2, 0) is 4.74 Å². The summed E-state index contributed by atoms with van der Waals surface area (Å²) >= 11 is 1.22. The summed E-state index contributed by atoms with van der Waals surface area (Å²) in [6, 6.07) is 0.0674. The molecule has 0 spiro atoms. The fourth-order valence-electron chi connectivity index (χ4n) is 1.72. The Bertz CT molecular complexity index is 446. The van der Waals surface area contributed by atoms with Crippen LogP contribution in [0.2, 0.25) is 0 Å². The fourth-order valence-corrected chi connectivity index (χ4v) is 2.46. The van der Waals surface area contributed by atoms with Gasteiger partial charge in [0.1, 0.15) is 10.6 Å². The molecule has 7 heteroatoms. The number of amides is 1. The topological polar surface area (TPSA) is 89.3 Å². The molecule has 0 saturated carbocycles. The second-order valence-electron chi connectivity index (χ2n) is 5.45. The summed E-state index contributed by atoms with van der Waals surface area (Å²) in [5, 5.41) is 6.81. The predicted molar refractivity (Wildman–Crippen MR) is 87.9 cm³/mol. The zero-order valence-electron chi connectivity index (χ0n) is 13.2. The molecular formula is C14H26N4O2S. The van der Waals surface area contributed by atoms with Crippen molar-refractivity contribution in [3.63, 3.8) is 0 Å². The highest BCUT2D eigenvalue weighted by Crippen LogP contribution is 2.26. The summed E-state index contributed by atoms with van der Waals surface area (Å²) in [5.74, 6) is 0.102. The van der Waals surface area contributed by atoms with E-state index in [2.05, 4.69) is 15.0 Å². The molecule has 0 saturated heterocycles. The Hall–Kier alpha value is -1.34. The molecule has 0 radical (unpaired) electrons. The summed E-state index contributed by atoms with van der Waals surface area (Å²) in [4.78, 5) is 12.1. The van der Waals surface area contributed by atoms with Crippen LogP contribution in [0.3, 0.4) is 0 Å². The third-order valence-electron chi connectivity index (χ3n) is 2.67. The molecule has 4 N–H and O–H groups in total. The SMILES string of the molecule is CC(C)NC(=O)c1c(N)nsc1NCCCCOC(C)C.